The van der Waals surface area contributed by atoms with Crippen molar-refractivity contribution in [2.45, 2.75) is 71.0 Å². The third-order valence-electron chi connectivity index (χ3n) is 4.23. The van der Waals surface area contributed by atoms with Gasteiger partial charge in [0, 0.05) is 37.9 Å². The maximum atomic E-state index is 12.2. The molecular weight excluding hydrogens is 266 g/mol. The van der Waals surface area contributed by atoms with Crippen LogP contribution in [-0.2, 0) is 13.1 Å². The Morgan fingerprint density at radius 2 is 1.86 bits per heavy atom. The molecule has 1 aliphatic carbocycles. The molecule has 0 saturated heterocycles. The molecule has 1 N–H and O–H groups in total. The number of rotatable bonds is 6. The van der Waals surface area contributed by atoms with Crippen molar-refractivity contribution in [2.24, 2.45) is 0 Å². The van der Waals surface area contributed by atoms with Crippen molar-refractivity contribution in [1.82, 2.24) is 14.5 Å². The Balaban J connectivity index is 1.94. The number of nitrogens with one attached hydrogen (secondary N) is 1. The molecule has 1 aromatic heterocycles. The molecule has 0 radical (unpaired) electrons. The van der Waals surface area contributed by atoms with E-state index in [-0.39, 0.29) is 11.2 Å². The van der Waals surface area contributed by atoms with Crippen LogP contribution in [0.2, 0.25) is 0 Å². The van der Waals surface area contributed by atoms with E-state index >= 15 is 0 Å². The zero-order valence-electron chi connectivity index (χ0n) is 13.0. The fraction of sp³-hybridized carbons (Fsp3) is 0.750. The summed E-state index contributed by atoms with van der Waals surface area (Å²) < 4.78 is 2.96. The van der Waals surface area contributed by atoms with Crippen LogP contribution in [0.5, 0.6) is 0 Å². The minimum atomic E-state index is -0.199. The first kappa shape index (κ1) is 16.0. The van der Waals surface area contributed by atoms with Crippen molar-refractivity contribution in [2.75, 3.05) is 6.54 Å². The number of hydrogen-bond donors (Lipinski definition) is 1. The summed E-state index contributed by atoms with van der Waals surface area (Å²) in [6.07, 6.45) is 10.1. The predicted molar refractivity (Wildman–Crippen MR) is 84.7 cm³/mol. The second kappa shape index (κ2) is 8.17. The second-order valence-corrected chi connectivity index (χ2v) is 5.92. The molecule has 1 saturated carbocycles. The van der Waals surface area contributed by atoms with Gasteiger partial charge in [-0.2, -0.15) is 0 Å². The van der Waals surface area contributed by atoms with Crippen LogP contribution in [0.3, 0.4) is 0 Å². The maximum absolute atomic E-state index is 12.2. The van der Waals surface area contributed by atoms with Gasteiger partial charge in [0.05, 0.1) is 0 Å². The summed E-state index contributed by atoms with van der Waals surface area (Å²) in [5.41, 5.74) is -0.387. The molecule has 0 aliphatic heterocycles. The smallest absolute Gasteiger partial charge is 0.312 e. The average Bonchev–Trinajstić information content (AvgIpc) is 2.74. The van der Waals surface area contributed by atoms with Gasteiger partial charge in [0.1, 0.15) is 0 Å². The molecule has 0 amide bonds. The standard InChI is InChI=1S/C16H27N3O2/c1-2-11-18-12-9-15(20)19(16(18)21)13-10-17-14-7-5-3-4-6-8-14/h9,12,14,17H,2-8,10-11,13H2,1H3. The van der Waals surface area contributed by atoms with E-state index in [0.717, 1.165) is 6.42 Å². The van der Waals surface area contributed by atoms with E-state index in [4.69, 9.17) is 0 Å². The van der Waals surface area contributed by atoms with Gasteiger partial charge in [0.2, 0.25) is 0 Å². The molecule has 0 bridgehead atoms. The van der Waals surface area contributed by atoms with Crippen LogP contribution >= 0.6 is 0 Å². The molecule has 21 heavy (non-hydrogen) atoms. The largest absolute Gasteiger partial charge is 0.331 e. The third-order valence-corrected chi connectivity index (χ3v) is 4.23. The molecule has 1 heterocycles. The van der Waals surface area contributed by atoms with E-state index in [1.165, 1.54) is 49.2 Å². The van der Waals surface area contributed by atoms with E-state index < -0.39 is 0 Å². The van der Waals surface area contributed by atoms with Gasteiger partial charge in [-0.25, -0.2) is 4.79 Å². The van der Waals surface area contributed by atoms with E-state index in [2.05, 4.69) is 5.32 Å². The van der Waals surface area contributed by atoms with Gasteiger partial charge in [-0.05, 0) is 19.3 Å². The highest BCUT2D eigenvalue weighted by Crippen LogP contribution is 2.16. The van der Waals surface area contributed by atoms with E-state index in [9.17, 15) is 9.59 Å². The average molecular weight is 293 g/mol. The summed E-state index contributed by atoms with van der Waals surface area (Å²) in [7, 11) is 0. The molecule has 118 valence electrons. The van der Waals surface area contributed by atoms with E-state index in [0.29, 0.717) is 25.7 Å². The molecular formula is C16H27N3O2. The Morgan fingerprint density at radius 3 is 2.52 bits per heavy atom. The molecule has 0 spiro atoms. The Bertz CT molecular complexity index is 539. The molecule has 5 nitrogen and oxygen atoms in total. The van der Waals surface area contributed by atoms with Crippen LogP contribution in [0.1, 0.15) is 51.9 Å². The Morgan fingerprint density at radius 1 is 1.14 bits per heavy atom. The van der Waals surface area contributed by atoms with Gasteiger partial charge in [0.25, 0.3) is 5.56 Å². The lowest BCUT2D eigenvalue weighted by atomic mass is 10.1. The Labute approximate surface area is 126 Å². The highest BCUT2D eigenvalue weighted by Gasteiger charge is 2.11. The highest BCUT2D eigenvalue weighted by atomic mass is 16.2. The van der Waals surface area contributed by atoms with Crippen LogP contribution < -0.4 is 16.6 Å². The number of aryl methyl sites for hydroxylation is 1. The van der Waals surface area contributed by atoms with Gasteiger partial charge in [-0.15, -0.1) is 0 Å². The first-order valence-corrected chi connectivity index (χ1v) is 8.26. The minimum absolute atomic E-state index is 0.188. The molecule has 5 heteroatoms. The lowest BCUT2D eigenvalue weighted by Crippen LogP contribution is -2.42. The van der Waals surface area contributed by atoms with Gasteiger partial charge in [0.15, 0.2) is 0 Å². The van der Waals surface area contributed by atoms with Gasteiger partial charge < -0.3 is 9.88 Å². The van der Waals surface area contributed by atoms with E-state index in [1.807, 2.05) is 6.92 Å². The first-order chi connectivity index (χ1) is 10.2. The second-order valence-electron chi connectivity index (χ2n) is 5.92. The predicted octanol–water partition coefficient (Wildman–Crippen LogP) is 1.73. The monoisotopic (exact) mass is 293 g/mol. The lowest BCUT2D eigenvalue weighted by molar-refractivity contribution is 0.433. The topological polar surface area (TPSA) is 56.0 Å². The molecule has 0 aromatic carbocycles. The normalized spacial score (nSPS) is 16.8. The summed E-state index contributed by atoms with van der Waals surface area (Å²) >= 11 is 0. The van der Waals surface area contributed by atoms with Crippen LogP contribution in [0, 0.1) is 0 Å². The van der Waals surface area contributed by atoms with Crippen molar-refractivity contribution in [3.63, 3.8) is 0 Å². The van der Waals surface area contributed by atoms with Crippen molar-refractivity contribution < 1.29 is 0 Å². The summed E-state index contributed by atoms with van der Waals surface area (Å²) in [6.45, 7) is 3.83. The van der Waals surface area contributed by atoms with Crippen LogP contribution in [0.25, 0.3) is 0 Å². The molecule has 0 unspecified atom stereocenters. The Kier molecular flexibility index (Phi) is 6.23. The van der Waals surface area contributed by atoms with Crippen molar-refractivity contribution in [3.05, 3.63) is 33.1 Å². The highest BCUT2D eigenvalue weighted by molar-refractivity contribution is 4.86. The Hall–Kier alpha value is -1.36. The molecule has 2 rings (SSSR count). The molecule has 0 atom stereocenters. The van der Waals surface area contributed by atoms with Crippen molar-refractivity contribution in [3.8, 4) is 0 Å². The summed E-state index contributed by atoms with van der Waals surface area (Å²) in [6, 6.07) is 2.03. The fourth-order valence-electron chi connectivity index (χ4n) is 3.04. The molecule has 1 fully saturated rings. The molecule has 1 aliphatic rings. The number of hydrogen-bond acceptors (Lipinski definition) is 3. The van der Waals surface area contributed by atoms with Gasteiger partial charge in [-0.1, -0.05) is 32.6 Å². The van der Waals surface area contributed by atoms with Crippen molar-refractivity contribution in [1.29, 1.82) is 0 Å². The van der Waals surface area contributed by atoms with Gasteiger partial charge in [-0.3, -0.25) is 9.36 Å². The number of nitrogens with zero attached hydrogens (tertiary/aromatic N) is 2. The summed E-state index contributed by atoms with van der Waals surface area (Å²) in [5.74, 6) is 0. The zero-order valence-corrected chi connectivity index (χ0v) is 13.0. The first-order valence-electron chi connectivity index (χ1n) is 8.26. The minimum Gasteiger partial charge on any atom is -0.312 e. The summed E-state index contributed by atoms with van der Waals surface area (Å²) in [4.78, 5) is 24.1. The third kappa shape index (κ3) is 4.56. The zero-order chi connectivity index (χ0) is 15.1. The van der Waals surface area contributed by atoms with E-state index in [1.54, 1.807) is 10.8 Å². The van der Waals surface area contributed by atoms with Crippen LogP contribution in [0.4, 0.5) is 0 Å². The lowest BCUT2D eigenvalue weighted by Gasteiger charge is -2.16. The van der Waals surface area contributed by atoms with Gasteiger partial charge >= 0.3 is 5.69 Å². The van der Waals surface area contributed by atoms with Crippen LogP contribution in [-0.4, -0.2) is 21.7 Å². The van der Waals surface area contributed by atoms with Crippen molar-refractivity contribution >= 4 is 0 Å². The fourth-order valence-corrected chi connectivity index (χ4v) is 3.04. The quantitative estimate of drug-likeness (QED) is 0.813. The van der Waals surface area contributed by atoms with Crippen LogP contribution in [0.15, 0.2) is 21.9 Å². The number of aromatic nitrogens is 2. The molecule has 1 aromatic rings. The maximum Gasteiger partial charge on any atom is 0.331 e. The summed E-state index contributed by atoms with van der Waals surface area (Å²) in [5, 5.41) is 3.51. The SMILES string of the molecule is CCCn1ccc(=O)n(CCNC2CCCCCC2)c1=O.